The number of ether oxygens (including phenoxy) is 1. The normalized spacial score (nSPS) is 21.6. The van der Waals surface area contributed by atoms with E-state index in [1.54, 1.807) is 18.1 Å². The monoisotopic (exact) mass is 339 g/mol. The Kier molecular flexibility index (Phi) is 4.87. The van der Waals surface area contributed by atoms with E-state index in [-0.39, 0.29) is 37.8 Å². The fraction of sp³-hybridized carbons (Fsp3) is 0.647. The van der Waals surface area contributed by atoms with Gasteiger partial charge in [0.2, 0.25) is 11.8 Å². The molecule has 2 aliphatic heterocycles. The smallest absolute Gasteiger partial charge is 0.251 e. The lowest BCUT2D eigenvalue weighted by molar-refractivity contribution is -0.142. The maximum atomic E-state index is 13.2. The maximum absolute atomic E-state index is 13.2. The highest BCUT2D eigenvalue weighted by Gasteiger charge is 2.37. The van der Waals surface area contributed by atoms with Crippen LogP contribution in [0.25, 0.3) is 0 Å². The van der Waals surface area contributed by atoms with Crippen LogP contribution in [-0.4, -0.2) is 55.0 Å². The summed E-state index contributed by atoms with van der Waals surface area (Å²) in [4.78, 5) is 20.7. The van der Waals surface area contributed by atoms with Crippen LogP contribution in [0, 0.1) is 5.92 Å². The lowest BCUT2D eigenvalue weighted by Gasteiger charge is -2.37. The molecule has 0 unspecified atom stereocenters. The van der Waals surface area contributed by atoms with Gasteiger partial charge in [0.1, 0.15) is 5.82 Å². The van der Waals surface area contributed by atoms with Crippen molar-refractivity contribution in [3.63, 3.8) is 0 Å². The second-order valence-corrected chi connectivity index (χ2v) is 6.48. The average Bonchev–Trinajstić information content (AvgIpc) is 2.61. The predicted octanol–water partition coefficient (Wildman–Crippen LogP) is 2.56. The van der Waals surface area contributed by atoms with E-state index < -0.39 is 5.92 Å². The van der Waals surface area contributed by atoms with E-state index in [0.717, 1.165) is 31.7 Å². The van der Waals surface area contributed by atoms with Crippen molar-refractivity contribution in [1.82, 2.24) is 9.88 Å². The Hall–Kier alpha value is -1.92. The SMILES string of the molecule is COc1cccc(N2CCC(C(=O)N3CCC(F)(F)CC3)CC2)n1. The van der Waals surface area contributed by atoms with Crippen molar-refractivity contribution in [1.29, 1.82) is 0 Å². The highest BCUT2D eigenvalue weighted by molar-refractivity contribution is 5.79. The largest absolute Gasteiger partial charge is 0.481 e. The Balaban J connectivity index is 1.54. The van der Waals surface area contributed by atoms with Gasteiger partial charge in [-0.3, -0.25) is 4.79 Å². The highest BCUT2D eigenvalue weighted by atomic mass is 19.3. The summed E-state index contributed by atoms with van der Waals surface area (Å²) < 4.78 is 31.6. The molecule has 0 atom stereocenters. The number of amides is 1. The van der Waals surface area contributed by atoms with Gasteiger partial charge in [-0.25, -0.2) is 8.78 Å². The molecule has 0 N–H and O–H groups in total. The Morgan fingerprint density at radius 1 is 1.21 bits per heavy atom. The molecule has 1 amide bonds. The van der Waals surface area contributed by atoms with Crippen LogP contribution in [-0.2, 0) is 4.79 Å². The van der Waals surface area contributed by atoms with E-state index in [9.17, 15) is 13.6 Å². The molecule has 0 saturated carbocycles. The van der Waals surface area contributed by atoms with Gasteiger partial charge < -0.3 is 14.5 Å². The number of piperidine rings is 2. The second-order valence-electron chi connectivity index (χ2n) is 6.48. The average molecular weight is 339 g/mol. The second kappa shape index (κ2) is 6.91. The first-order valence-corrected chi connectivity index (χ1v) is 8.41. The number of hydrogen-bond acceptors (Lipinski definition) is 4. The summed E-state index contributed by atoms with van der Waals surface area (Å²) in [5.74, 6) is -1.24. The van der Waals surface area contributed by atoms with Crippen LogP contribution in [0.2, 0.25) is 0 Å². The van der Waals surface area contributed by atoms with Crippen LogP contribution in [0.5, 0.6) is 5.88 Å². The van der Waals surface area contributed by atoms with E-state index in [4.69, 9.17) is 4.74 Å². The van der Waals surface area contributed by atoms with Gasteiger partial charge in [-0.15, -0.1) is 0 Å². The van der Waals surface area contributed by atoms with Crippen LogP contribution < -0.4 is 9.64 Å². The predicted molar refractivity (Wildman–Crippen MR) is 86.5 cm³/mol. The van der Waals surface area contributed by atoms with Gasteiger partial charge in [-0.2, -0.15) is 4.98 Å². The van der Waals surface area contributed by atoms with E-state index in [1.165, 1.54) is 0 Å². The highest BCUT2D eigenvalue weighted by Crippen LogP contribution is 2.30. The molecular formula is C17H23F2N3O2. The summed E-state index contributed by atoms with van der Waals surface area (Å²) in [7, 11) is 1.58. The Bertz CT molecular complexity index is 579. The number of nitrogens with zero attached hydrogens (tertiary/aromatic N) is 3. The molecule has 132 valence electrons. The minimum absolute atomic E-state index is 0.0313. The molecule has 1 aromatic heterocycles. The van der Waals surface area contributed by atoms with E-state index in [2.05, 4.69) is 9.88 Å². The fourth-order valence-corrected chi connectivity index (χ4v) is 3.36. The van der Waals surface area contributed by atoms with Crippen LogP contribution in [0.3, 0.4) is 0 Å². The van der Waals surface area contributed by atoms with Gasteiger partial charge in [0.25, 0.3) is 5.92 Å². The van der Waals surface area contributed by atoms with Crippen molar-refractivity contribution >= 4 is 11.7 Å². The summed E-state index contributed by atoms with van der Waals surface area (Å²) in [6.07, 6.45) is 1.02. The molecule has 2 saturated heterocycles. The quantitative estimate of drug-likeness (QED) is 0.849. The fourth-order valence-electron chi connectivity index (χ4n) is 3.36. The number of hydrogen-bond donors (Lipinski definition) is 0. The minimum atomic E-state index is -2.61. The van der Waals surface area contributed by atoms with Gasteiger partial charge >= 0.3 is 0 Å². The summed E-state index contributed by atoms with van der Waals surface area (Å²) in [6.45, 7) is 1.81. The number of carbonyl (C=O) groups excluding carboxylic acids is 1. The zero-order valence-electron chi connectivity index (χ0n) is 13.9. The van der Waals surface area contributed by atoms with Crippen molar-refractivity contribution < 1.29 is 18.3 Å². The number of rotatable bonds is 3. The Labute approximate surface area is 140 Å². The Morgan fingerprint density at radius 3 is 2.50 bits per heavy atom. The summed E-state index contributed by atoms with van der Waals surface area (Å²) in [5.41, 5.74) is 0. The van der Waals surface area contributed by atoms with Crippen LogP contribution in [0.1, 0.15) is 25.7 Å². The van der Waals surface area contributed by atoms with E-state index in [0.29, 0.717) is 5.88 Å². The minimum Gasteiger partial charge on any atom is -0.481 e. The van der Waals surface area contributed by atoms with Crippen molar-refractivity contribution in [2.75, 3.05) is 38.2 Å². The molecule has 7 heteroatoms. The van der Waals surface area contributed by atoms with Crippen molar-refractivity contribution in [2.45, 2.75) is 31.6 Å². The number of aromatic nitrogens is 1. The van der Waals surface area contributed by atoms with Crippen molar-refractivity contribution in [2.24, 2.45) is 5.92 Å². The first-order valence-electron chi connectivity index (χ1n) is 8.41. The van der Waals surface area contributed by atoms with Crippen LogP contribution in [0.4, 0.5) is 14.6 Å². The summed E-state index contributed by atoms with van der Waals surface area (Å²) in [5, 5.41) is 0. The van der Waals surface area contributed by atoms with Gasteiger partial charge in [-0.1, -0.05) is 6.07 Å². The van der Waals surface area contributed by atoms with E-state index >= 15 is 0 Å². The molecule has 2 aliphatic rings. The first-order chi connectivity index (χ1) is 11.5. The molecule has 2 fully saturated rings. The molecule has 24 heavy (non-hydrogen) atoms. The zero-order chi connectivity index (χ0) is 17.2. The van der Waals surface area contributed by atoms with Crippen LogP contribution in [0.15, 0.2) is 18.2 Å². The third-order valence-corrected chi connectivity index (χ3v) is 4.89. The molecule has 0 bridgehead atoms. The molecular weight excluding hydrogens is 316 g/mol. The van der Waals surface area contributed by atoms with Gasteiger partial charge in [0.15, 0.2) is 0 Å². The third-order valence-electron chi connectivity index (χ3n) is 4.89. The van der Waals surface area contributed by atoms with Gasteiger partial charge in [-0.05, 0) is 18.9 Å². The molecule has 3 heterocycles. The zero-order valence-corrected chi connectivity index (χ0v) is 13.9. The number of carbonyl (C=O) groups is 1. The number of methoxy groups -OCH3 is 1. The molecule has 0 spiro atoms. The van der Waals surface area contributed by atoms with E-state index in [1.807, 2.05) is 12.1 Å². The molecule has 3 rings (SSSR count). The summed E-state index contributed by atoms with van der Waals surface area (Å²) >= 11 is 0. The molecule has 0 aliphatic carbocycles. The number of halogens is 2. The lowest BCUT2D eigenvalue weighted by atomic mass is 9.94. The first kappa shape index (κ1) is 16.9. The number of likely N-dealkylation sites (tertiary alicyclic amines) is 1. The van der Waals surface area contributed by atoms with Crippen LogP contribution >= 0.6 is 0 Å². The third kappa shape index (κ3) is 3.76. The lowest BCUT2D eigenvalue weighted by Crippen LogP contribution is -2.47. The Morgan fingerprint density at radius 2 is 1.88 bits per heavy atom. The molecule has 0 radical (unpaired) electrons. The van der Waals surface area contributed by atoms with Gasteiger partial charge in [0.05, 0.1) is 7.11 Å². The molecule has 5 nitrogen and oxygen atoms in total. The number of pyridine rings is 1. The molecule has 1 aromatic rings. The topological polar surface area (TPSA) is 45.7 Å². The standard InChI is InChI=1S/C17H23F2N3O2/c1-24-15-4-2-3-14(20-15)21-9-5-13(6-10-21)16(23)22-11-7-17(18,19)8-12-22/h2-4,13H,5-12H2,1H3. The van der Waals surface area contributed by atoms with Crippen molar-refractivity contribution in [3.8, 4) is 5.88 Å². The molecule has 0 aromatic carbocycles. The van der Waals surface area contributed by atoms with Crippen molar-refractivity contribution in [3.05, 3.63) is 18.2 Å². The summed E-state index contributed by atoms with van der Waals surface area (Å²) in [6, 6.07) is 5.62. The maximum Gasteiger partial charge on any atom is 0.251 e. The van der Waals surface area contributed by atoms with Gasteiger partial charge in [0, 0.05) is 51.0 Å². The number of anilines is 1. The number of alkyl halides is 2.